The molecule has 2 rings (SSSR count). The van der Waals surface area contributed by atoms with Crippen LogP contribution in [0.25, 0.3) is 6.08 Å². The summed E-state index contributed by atoms with van der Waals surface area (Å²) in [7, 11) is -0.423. The van der Waals surface area contributed by atoms with E-state index in [-0.39, 0.29) is 18.4 Å². The summed E-state index contributed by atoms with van der Waals surface area (Å²) in [5.74, 6) is -0.462. The molecule has 29 heavy (non-hydrogen) atoms. The van der Waals surface area contributed by atoms with Crippen molar-refractivity contribution in [1.82, 2.24) is 9.80 Å². The second-order valence-corrected chi connectivity index (χ2v) is 8.11. The number of nitrogens with one attached hydrogen (secondary N) is 1. The van der Waals surface area contributed by atoms with Gasteiger partial charge in [0.15, 0.2) is 0 Å². The number of anilines is 1. The van der Waals surface area contributed by atoms with Crippen molar-refractivity contribution in [3.8, 4) is 0 Å². The van der Waals surface area contributed by atoms with Crippen molar-refractivity contribution in [2.45, 2.75) is 6.92 Å². The lowest BCUT2D eigenvalue weighted by Gasteiger charge is -2.22. The number of sulfonamides is 1. The molecule has 0 bridgehead atoms. The zero-order valence-corrected chi connectivity index (χ0v) is 17.5. The lowest BCUT2D eigenvalue weighted by Crippen LogP contribution is -2.40. The second-order valence-electron chi connectivity index (χ2n) is 6.55. The minimum Gasteiger partial charge on any atom is -0.347 e. The quantitative estimate of drug-likeness (QED) is 0.718. The van der Waals surface area contributed by atoms with Gasteiger partial charge in [-0.2, -0.15) is 0 Å². The number of rotatable bonds is 8. The first-order valence-electron chi connectivity index (χ1n) is 9.07. The molecule has 0 aromatic heterocycles. The van der Waals surface area contributed by atoms with Gasteiger partial charge in [0.2, 0.25) is 5.91 Å². The predicted octanol–water partition coefficient (Wildman–Crippen LogP) is 2.65. The summed E-state index contributed by atoms with van der Waals surface area (Å²) in [4.78, 5) is 27.3. The minimum absolute atomic E-state index is 0.0129. The number of carbonyl (C=O) groups is 2. The molecule has 0 aliphatic carbocycles. The van der Waals surface area contributed by atoms with E-state index in [1.54, 1.807) is 33.2 Å². The van der Waals surface area contributed by atoms with E-state index in [1.165, 1.54) is 40.1 Å². The number of hydrogen-bond acceptors (Lipinski definition) is 4. The molecule has 0 spiro atoms. The number of hydrogen-bond donors (Lipinski definition) is 1. The van der Waals surface area contributed by atoms with E-state index in [2.05, 4.69) is 4.72 Å². The molecule has 0 radical (unpaired) electrons. The first kappa shape index (κ1) is 22.2. The fourth-order valence-corrected chi connectivity index (χ4v) is 3.29. The van der Waals surface area contributed by atoms with Crippen molar-refractivity contribution >= 4 is 33.6 Å². The summed E-state index contributed by atoms with van der Waals surface area (Å²) in [6, 6.07) is 15.2. The third kappa shape index (κ3) is 6.76. The van der Waals surface area contributed by atoms with Crippen molar-refractivity contribution < 1.29 is 18.0 Å². The summed E-state index contributed by atoms with van der Waals surface area (Å²) < 4.78 is 26.9. The van der Waals surface area contributed by atoms with Crippen molar-refractivity contribution in [3.05, 3.63) is 71.1 Å². The van der Waals surface area contributed by atoms with E-state index in [0.717, 1.165) is 11.0 Å². The van der Waals surface area contributed by atoms with Crippen molar-refractivity contribution in [2.24, 2.45) is 0 Å². The van der Waals surface area contributed by atoms with Crippen LogP contribution in [0.3, 0.4) is 0 Å². The van der Waals surface area contributed by atoms with Gasteiger partial charge in [0.05, 0.1) is 12.0 Å². The minimum atomic E-state index is -3.69. The molecule has 2 amide bonds. The van der Waals surface area contributed by atoms with Gasteiger partial charge in [-0.1, -0.05) is 30.3 Å². The van der Waals surface area contributed by atoms with Crippen LogP contribution in [0.15, 0.2) is 60.0 Å². The Balaban J connectivity index is 2.06. The van der Waals surface area contributed by atoms with E-state index < -0.39 is 10.0 Å². The first-order valence-corrected chi connectivity index (χ1v) is 10.6. The zero-order chi connectivity index (χ0) is 21.4. The lowest BCUT2D eigenvalue weighted by atomic mass is 10.2. The summed E-state index contributed by atoms with van der Waals surface area (Å²) in [5, 5.41) is 1.09. The van der Waals surface area contributed by atoms with Gasteiger partial charge in [-0.15, -0.1) is 0 Å². The monoisotopic (exact) mass is 415 g/mol. The standard InChI is InChI=1S/C21H25N3O4S/c1-4-24(16-20(25)23(2)3)21(26)18-10-12-19(13-11-18)22-29(27,28)15-14-17-8-6-5-7-9-17/h5-15,22H,4,16H2,1-3H3/b15-14+. The van der Waals surface area contributed by atoms with Gasteiger partial charge in [0.1, 0.15) is 0 Å². The summed E-state index contributed by atoms with van der Waals surface area (Å²) >= 11 is 0. The average Bonchev–Trinajstić information content (AvgIpc) is 2.71. The van der Waals surface area contributed by atoms with Crippen LogP contribution in [0.1, 0.15) is 22.8 Å². The number of nitrogens with zero attached hydrogens (tertiary/aromatic N) is 2. The molecule has 0 saturated heterocycles. The third-order valence-corrected chi connectivity index (χ3v) is 5.14. The SMILES string of the molecule is CCN(CC(=O)N(C)C)C(=O)c1ccc(NS(=O)(=O)/C=C/c2ccccc2)cc1. The van der Waals surface area contributed by atoms with E-state index >= 15 is 0 Å². The van der Waals surface area contributed by atoms with Gasteiger partial charge in [-0.25, -0.2) is 8.42 Å². The average molecular weight is 416 g/mol. The molecule has 0 aliphatic heterocycles. The maximum atomic E-state index is 12.6. The number of amides is 2. The molecule has 0 aliphatic rings. The maximum Gasteiger partial charge on any atom is 0.255 e. The molecule has 8 heteroatoms. The molecule has 0 heterocycles. The van der Waals surface area contributed by atoms with Gasteiger partial charge in [0, 0.05) is 31.9 Å². The Labute approximate surface area is 171 Å². The van der Waals surface area contributed by atoms with E-state index in [4.69, 9.17) is 0 Å². The fraction of sp³-hybridized carbons (Fsp3) is 0.238. The van der Waals surface area contributed by atoms with Gasteiger partial charge in [-0.05, 0) is 42.8 Å². The number of likely N-dealkylation sites (N-methyl/N-ethyl adjacent to an activating group) is 2. The lowest BCUT2D eigenvalue weighted by molar-refractivity contribution is -0.129. The highest BCUT2D eigenvalue weighted by atomic mass is 32.2. The fourth-order valence-electron chi connectivity index (χ4n) is 2.43. The maximum absolute atomic E-state index is 12.6. The summed E-state index contributed by atoms with van der Waals surface area (Å²) in [5.41, 5.74) is 1.48. The topological polar surface area (TPSA) is 86.8 Å². The molecule has 154 valence electrons. The molecule has 0 atom stereocenters. The van der Waals surface area contributed by atoms with Crippen LogP contribution in [0.2, 0.25) is 0 Å². The number of carbonyl (C=O) groups excluding carboxylic acids is 2. The summed E-state index contributed by atoms with van der Waals surface area (Å²) in [6.45, 7) is 2.17. The highest BCUT2D eigenvalue weighted by Gasteiger charge is 2.18. The van der Waals surface area contributed by atoms with Gasteiger partial charge in [-0.3, -0.25) is 14.3 Å². The molecule has 0 fully saturated rings. The molecule has 0 saturated carbocycles. The number of benzene rings is 2. The van der Waals surface area contributed by atoms with Crippen molar-refractivity contribution in [2.75, 3.05) is 31.9 Å². The predicted molar refractivity (Wildman–Crippen MR) is 115 cm³/mol. The Morgan fingerprint density at radius 2 is 1.62 bits per heavy atom. The molecular weight excluding hydrogens is 390 g/mol. The summed E-state index contributed by atoms with van der Waals surface area (Å²) in [6.07, 6.45) is 1.50. The normalized spacial score (nSPS) is 11.3. The molecule has 1 N–H and O–H groups in total. The largest absolute Gasteiger partial charge is 0.347 e. The highest BCUT2D eigenvalue weighted by Crippen LogP contribution is 2.14. The Kier molecular flexibility index (Phi) is 7.55. The van der Waals surface area contributed by atoms with Gasteiger partial charge < -0.3 is 9.80 Å². The molecule has 2 aromatic carbocycles. The smallest absolute Gasteiger partial charge is 0.255 e. The zero-order valence-electron chi connectivity index (χ0n) is 16.7. The van der Waals surface area contributed by atoms with Crippen LogP contribution in [0, 0.1) is 0 Å². The van der Waals surface area contributed by atoms with E-state index in [0.29, 0.717) is 17.8 Å². The van der Waals surface area contributed by atoms with Crippen LogP contribution >= 0.6 is 0 Å². The second kappa shape index (κ2) is 9.88. The molecule has 2 aromatic rings. The Morgan fingerprint density at radius 1 is 1.00 bits per heavy atom. The van der Waals surface area contributed by atoms with Crippen molar-refractivity contribution in [1.29, 1.82) is 0 Å². The van der Waals surface area contributed by atoms with E-state index in [1.807, 2.05) is 18.2 Å². The first-order chi connectivity index (χ1) is 13.7. The Hall–Kier alpha value is -3.13. The highest BCUT2D eigenvalue weighted by molar-refractivity contribution is 7.95. The van der Waals surface area contributed by atoms with E-state index in [9.17, 15) is 18.0 Å². The Morgan fingerprint density at radius 3 is 2.17 bits per heavy atom. The molecule has 0 unspecified atom stereocenters. The van der Waals surface area contributed by atoms with Crippen LogP contribution < -0.4 is 4.72 Å². The van der Waals surface area contributed by atoms with Gasteiger partial charge >= 0.3 is 0 Å². The molecule has 7 nitrogen and oxygen atoms in total. The van der Waals surface area contributed by atoms with Crippen LogP contribution in [0.5, 0.6) is 0 Å². The third-order valence-electron chi connectivity index (χ3n) is 4.13. The van der Waals surface area contributed by atoms with Crippen LogP contribution in [-0.2, 0) is 14.8 Å². The van der Waals surface area contributed by atoms with Crippen molar-refractivity contribution in [3.63, 3.8) is 0 Å². The van der Waals surface area contributed by atoms with Crippen LogP contribution in [0.4, 0.5) is 5.69 Å². The van der Waals surface area contributed by atoms with Gasteiger partial charge in [0.25, 0.3) is 15.9 Å². The molecular formula is C21H25N3O4S. The Bertz CT molecular complexity index is 969. The van der Waals surface area contributed by atoms with Crippen LogP contribution in [-0.4, -0.2) is 57.2 Å².